The molecule has 2 amide bonds. The molecule has 138 valence electrons. The molecular formula is C17H24N2O4S2. The van der Waals surface area contributed by atoms with Crippen LogP contribution in [0.2, 0.25) is 0 Å². The van der Waals surface area contributed by atoms with E-state index in [0.717, 1.165) is 11.3 Å². The summed E-state index contributed by atoms with van der Waals surface area (Å²) in [4.78, 5) is 24.7. The molecular weight excluding hydrogens is 360 g/mol. The molecule has 0 unspecified atom stereocenters. The zero-order chi connectivity index (χ0) is 18.6. The molecule has 0 saturated heterocycles. The number of carbonyl (C=O) groups is 2. The molecule has 2 N–H and O–H groups in total. The SMILES string of the molecule is CC[C@@H]1Sc2ccc(S(=O)(=O)CCC(=O)N[C@@H](C)CC)cc2NC1=O. The van der Waals surface area contributed by atoms with E-state index in [9.17, 15) is 18.0 Å². The van der Waals surface area contributed by atoms with Crippen LogP contribution in [0.25, 0.3) is 0 Å². The van der Waals surface area contributed by atoms with E-state index < -0.39 is 9.84 Å². The van der Waals surface area contributed by atoms with Gasteiger partial charge in [0.2, 0.25) is 11.8 Å². The Morgan fingerprint density at radius 2 is 2.08 bits per heavy atom. The van der Waals surface area contributed by atoms with Gasteiger partial charge in [0.05, 0.1) is 21.6 Å². The number of fused-ring (bicyclic) bond motifs is 1. The minimum Gasteiger partial charge on any atom is -0.354 e. The number of rotatable bonds is 7. The molecule has 0 radical (unpaired) electrons. The van der Waals surface area contributed by atoms with Gasteiger partial charge >= 0.3 is 0 Å². The third kappa shape index (κ3) is 4.98. The van der Waals surface area contributed by atoms with Gasteiger partial charge in [-0.25, -0.2) is 8.42 Å². The van der Waals surface area contributed by atoms with Gasteiger partial charge in [-0.2, -0.15) is 0 Å². The second-order valence-corrected chi connectivity index (χ2v) is 9.46. The fourth-order valence-corrected chi connectivity index (χ4v) is 4.67. The van der Waals surface area contributed by atoms with Crippen molar-refractivity contribution in [3.8, 4) is 0 Å². The van der Waals surface area contributed by atoms with Gasteiger partial charge in [0.25, 0.3) is 0 Å². The smallest absolute Gasteiger partial charge is 0.237 e. The van der Waals surface area contributed by atoms with Gasteiger partial charge in [0.1, 0.15) is 0 Å². The van der Waals surface area contributed by atoms with Gasteiger partial charge in [-0.1, -0.05) is 13.8 Å². The maximum Gasteiger partial charge on any atom is 0.237 e. The normalized spacial score (nSPS) is 18.2. The highest BCUT2D eigenvalue weighted by atomic mass is 32.2. The largest absolute Gasteiger partial charge is 0.354 e. The summed E-state index contributed by atoms with van der Waals surface area (Å²) in [6.07, 6.45) is 1.42. The van der Waals surface area contributed by atoms with E-state index >= 15 is 0 Å². The number of carbonyl (C=O) groups excluding carboxylic acids is 2. The molecule has 0 spiro atoms. The predicted octanol–water partition coefficient (Wildman–Crippen LogP) is 2.59. The molecule has 1 aliphatic heterocycles. The number of anilines is 1. The second kappa shape index (κ2) is 8.23. The molecule has 1 aromatic carbocycles. The van der Waals surface area contributed by atoms with Crippen molar-refractivity contribution in [2.45, 2.75) is 61.1 Å². The van der Waals surface area contributed by atoms with Crippen LogP contribution in [0, 0.1) is 0 Å². The molecule has 0 fully saturated rings. The molecule has 6 nitrogen and oxygen atoms in total. The van der Waals surface area contributed by atoms with Gasteiger partial charge in [0.15, 0.2) is 9.84 Å². The third-order valence-electron chi connectivity index (χ3n) is 4.12. The number of nitrogens with one attached hydrogen (secondary N) is 2. The van der Waals surface area contributed by atoms with Crippen molar-refractivity contribution in [2.75, 3.05) is 11.1 Å². The number of thioether (sulfide) groups is 1. The number of hydrogen-bond donors (Lipinski definition) is 2. The molecule has 1 heterocycles. The van der Waals surface area contributed by atoms with E-state index in [-0.39, 0.29) is 40.2 Å². The minimum atomic E-state index is -3.59. The second-order valence-electron chi connectivity index (χ2n) is 6.11. The molecule has 0 aliphatic carbocycles. The summed E-state index contributed by atoms with van der Waals surface area (Å²) in [5.74, 6) is -0.639. The van der Waals surface area contributed by atoms with Crippen LogP contribution in [0.15, 0.2) is 28.0 Å². The minimum absolute atomic E-state index is 0.0256. The van der Waals surface area contributed by atoms with Crippen molar-refractivity contribution in [2.24, 2.45) is 0 Å². The van der Waals surface area contributed by atoms with Crippen LogP contribution < -0.4 is 10.6 Å². The van der Waals surface area contributed by atoms with Crippen molar-refractivity contribution in [3.05, 3.63) is 18.2 Å². The fourth-order valence-electron chi connectivity index (χ4n) is 2.39. The predicted molar refractivity (Wildman–Crippen MR) is 99.6 cm³/mol. The highest BCUT2D eigenvalue weighted by Gasteiger charge is 2.27. The molecule has 1 aliphatic rings. The number of benzene rings is 1. The Kier molecular flexibility index (Phi) is 6.51. The molecule has 0 aromatic heterocycles. The molecule has 2 atom stereocenters. The summed E-state index contributed by atoms with van der Waals surface area (Å²) < 4.78 is 25.0. The summed E-state index contributed by atoms with van der Waals surface area (Å²) >= 11 is 1.44. The quantitative estimate of drug-likeness (QED) is 0.754. The molecule has 0 saturated carbocycles. The van der Waals surface area contributed by atoms with E-state index in [1.54, 1.807) is 6.07 Å². The van der Waals surface area contributed by atoms with Crippen LogP contribution in [-0.2, 0) is 19.4 Å². The molecule has 0 bridgehead atoms. The van der Waals surface area contributed by atoms with E-state index in [1.165, 1.54) is 23.9 Å². The van der Waals surface area contributed by atoms with E-state index in [2.05, 4.69) is 10.6 Å². The van der Waals surface area contributed by atoms with Gasteiger partial charge in [0, 0.05) is 17.4 Å². The maximum atomic E-state index is 12.5. The lowest BCUT2D eigenvalue weighted by molar-refractivity contribution is -0.121. The zero-order valence-corrected chi connectivity index (χ0v) is 16.3. The van der Waals surface area contributed by atoms with Crippen molar-refractivity contribution in [3.63, 3.8) is 0 Å². The third-order valence-corrected chi connectivity index (χ3v) is 7.27. The molecule has 2 rings (SSSR count). The average Bonchev–Trinajstić information content (AvgIpc) is 2.58. The highest BCUT2D eigenvalue weighted by molar-refractivity contribution is 8.01. The lowest BCUT2D eigenvalue weighted by Crippen LogP contribution is -2.33. The maximum absolute atomic E-state index is 12.5. The van der Waals surface area contributed by atoms with Crippen LogP contribution in [-0.4, -0.2) is 37.3 Å². The lowest BCUT2D eigenvalue weighted by Gasteiger charge is -2.23. The van der Waals surface area contributed by atoms with E-state index in [1.807, 2.05) is 20.8 Å². The van der Waals surface area contributed by atoms with Crippen LogP contribution in [0.5, 0.6) is 0 Å². The van der Waals surface area contributed by atoms with Crippen LogP contribution in [0.3, 0.4) is 0 Å². The van der Waals surface area contributed by atoms with E-state index in [0.29, 0.717) is 12.1 Å². The Labute approximate surface area is 153 Å². The molecule has 1 aromatic rings. The first-order valence-corrected chi connectivity index (χ1v) is 10.9. The first-order valence-electron chi connectivity index (χ1n) is 8.40. The summed E-state index contributed by atoms with van der Waals surface area (Å²) in [5, 5.41) is 5.37. The first kappa shape index (κ1) is 19.8. The number of sulfone groups is 1. The van der Waals surface area contributed by atoms with Crippen molar-refractivity contribution in [1.82, 2.24) is 5.32 Å². The monoisotopic (exact) mass is 384 g/mol. The summed E-state index contributed by atoms with van der Waals surface area (Å²) in [5.41, 5.74) is 0.518. The summed E-state index contributed by atoms with van der Waals surface area (Å²) in [7, 11) is -3.59. The summed E-state index contributed by atoms with van der Waals surface area (Å²) in [6.45, 7) is 5.76. The molecule has 25 heavy (non-hydrogen) atoms. The Balaban J connectivity index is 2.09. The van der Waals surface area contributed by atoms with Crippen molar-refractivity contribution in [1.29, 1.82) is 0 Å². The Morgan fingerprint density at radius 1 is 1.36 bits per heavy atom. The Hall–Kier alpha value is -1.54. The van der Waals surface area contributed by atoms with Gasteiger partial charge in [-0.15, -0.1) is 11.8 Å². The lowest BCUT2D eigenvalue weighted by atomic mass is 10.2. The average molecular weight is 385 g/mol. The highest BCUT2D eigenvalue weighted by Crippen LogP contribution is 2.38. The van der Waals surface area contributed by atoms with Gasteiger partial charge in [-0.3, -0.25) is 9.59 Å². The van der Waals surface area contributed by atoms with E-state index in [4.69, 9.17) is 0 Å². The van der Waals surface area contributed by atoms with Crippen LogP contribution in [0.4, 0.5) is 5.69 Å². The van der Waals surface area contributed by atoms with Crippen molar-refractivity contribution < 1.29 is 18.0 Å². The first-order chi connectivity index (χ1) is 11.8. The Bertz CT molecular complexity index is 762. The number of amides is 2. The zero-order valence-electron chi connectivity index (χ0n) is 14.7. The Morgan fingerprint density at radius 3 is 2.72 bits per heavy atom. The van der Waals surface area contributed by atoms with Crippen LogP contribution in [0.1, 0.15) is 40.0 Å². The van der Waals surface area contributed by atoms with Gasteiger partial charge < -0.3 is 10.6 Å². The fraction of sp³-hybridized carbons (Fsp3) is 0.529. The summed E-state index contributed by atoms with van der Waals surface area (Å²) in [6, 6.07) is 4.76. The standard InChI is InChI=1S/C17H24N2O4S2/c1-4-11(3)18-16(20)8-9-25(22,23)12-6-7-15-13(10-12)19-17(21)14(5-2)24-15/h6-7,10-11,14H,4-5,8-9H2,1-3H3,(H,18,20)(H,19,21)/t11-,14-/m0/s1. The molecule has 8 heteroatoms. The topological polar surface area (TPSA) is 92.3 Å². The van der Waals surface area contributed by atoms with Crippen molar-refractivity contribution >= 4 is 39.1 Å². The van der Waals surface area contributed by atoms with Gasteiger partial charge in [-0.05, 0) is 38.0 Å². The number of hydrogen-bond acceptors (Lipinski definition) is 5. The van der Waals surface area contributed by atoms with Crippen LogP contribution >= 0.6 is 11.8 Å².